The number of anilines is 1. The van der Waals surface area contributed by atoms with E-state index in [1.807, 2.05) is 16.6 Å². The van der Waals surface area contributed by atoms with E-state index in [0.29, 0.717) is 5.92 Å². The van der Waals surface area contributed by atoms with E-state index in [1.54, 1.807) is 6.26 Å². The molecule has 3 aromatic rings. The molecule has 6 heteroatoms. The first-order chi connectivity index (χ1) is 12.8. The summed E-state index contributed by atoms with van der Waals surface area (Å²) in [6, 6.07) is 8.30. The summed E-state index contributed by atoms with van der Waals surface area (Å²) < 4.78 is 7.44. The second kappa shape index (κ2) is 6.76. The normalized spacial score (nSPS) is 19.6. The molecular formula is C20H25N5O. The predicted octanol–water partition coefficient (Wildman–Crippen LogP) is 3.30. The van der Waals surface area contributed by atoms with Crippen molar-refractivity contribution in [1.82, 2.24) is 19.5 Å². The van der Waals surface area contributed by atoms with Crippen molar-refractivity contribution < 1.29 is 4.42 Å². The highest BCUT2D eigenvalue weighted by molar-refractivity contribution is 5.51. The van der Waals surface area contributed by atoms with Crippen molar-refractivity contribution in [3.05, 3.63) is 48.3 Å². The fourth-order valence-electron chi connectivity index (χ4n) is 4.20. The Morgan fingerprint density at radius 2 is 1.88 bits per heavy atom. The van der Waals surface area contributed by atoms with Crippen LogP contribution in [0.1, 0.15) is 43.2 Å². The van der Waals surface area contributed by atoms with Crippen LogP contribution in [-0.4, -0.2) is 45.7 Å². The maximum absolute atomic E-state index is 5.47. The quantitative estimate of drug-likeness (QED) is 0.722. The molecule has 0 spiro atoms. The van der Waals surface area contributed by atoms with E-state index in [4.69, 9.17) is 14.5 Å². The number of hydrogen-bond acceptors (Lipinski definition) is 5. The molecule has 26 heavy (non-hydrogen) atoms. The molecule has 0 aliphatic carbocycles. The summed E-state index contributed by atoms with van der Waals surface area (Å²) in [6.45, 7) is 5.35. The summed E-state index contributed by atoms with van der Waals surface area (Å²) in [5, 5.41) is 4.81. The van der Waals surface area contributed by atoms with Crippen molar-refractivity contribution >= 4 is 11.3 Å². The van der Waals surface area contributed by atoms with Crippen LogP contribution in [0.4, 0.5) is 5.69 Å². The first-order valence-corrected chi connectivity index (χ1v) is 9.71. The number of hydrogen-bond donors (Lipinski definition) is 0. The van der Waals surface area contributed by atoms with Gasteiger partial charge in [0.05, 0.1) is 24.7 Å². The van der Waals surface area contributed by atoms with Crippen molar-refractivity contribution in [1.29, 1.82) is 0 Å². The Balaban J connectivity index is 1.27. The lowest BCUT2D eigenvalue weighted by Crippen LogP contribution is -2.32. The van der Waals surface area contributed by atoms with Crippen LogP contribution in [-0.2, 0) is 6.54 Å². The van der Waals surface area contributed by atoms with E-state index in [1.165, 1.54) is 18.5 Å². The lowest BCUT2D eigenvalue weighted by molar-refractivity contribution is 0.188. The van der Waals surface area contributed by atoms with E-state index >= 15 is 0 Å². The highest BCUT2D eigenvalue weighted by atomic mass is 16.3. The number of pyridine rings is 1. The molecule has 0 N–H and O–H groups in total. The number of aromatic nitrogens is 3. The average molecular weight is 351 g/mol. The fourth-order valence-corrected chi connectivity index (χ4v) is 4.20. The van der Waals surface area contributed by atoms with Gasteiger partial charge in [0.1, 0.15) is 5.76 Å². The second-order valence-corrected chi connectivity index (χ2v) is 7.48. The van der Waals surface area contributed by atoms with Gasteiger partial charge in [-0.2, -0.15) is 5.10 Å². The first kappa shape index (κ1) is 15.9. The molecule has 2 aliphatic heterocycles. The number of furan rings is 1. The van der Waals surface area contributed by atoms with E-state index in [2.05, 4.69) is 28.1 Å². The maximum atomic E-state index is 5.47. The number of piperidine rings is 1. The SMILES string of the molecule is c1coc(CN2CCC(c3nc4ccc(N5CCCC5)cn4n3)CC2)c1. The first-order valence-electron chi connectivity index (χ1n) is 9.71. The lowest BCUT2D eigenvalue weighted by atomic mass is 9.96. The Hall–Kier alpha value is -2.34. The summed E-state index contributed by atoms with van der Waals surface area (Å²) in [4.78, 5) is 9.69. The summed E-state index contributed by atoms with van der Waals surface area (Å²) in [5.41, 5.74) is 2.22. The van der Waals surface area contributed by atoms with Gasteiger partial charge in [-0.3, -0.25) is 4.90 Å². The van der Waals surface area contributed by atoms with Crippen LogP contribution >= 0.6 is 0 Å². The Morgan fingerprint density at radius 3 is 2.65 bits per heavy atom. The number of nitrogens with zero attached hydrogens (tertiary/aromatic N) is 5. The summed E-state index contributed by atoms with van der Waals surface area (Å²) in [5.74, 6) is 2.50. The highest BCUT2D eigenvalue weighted by Gasteiger charge is 2.24. The summed E-state index contributed by atoms with van der Waals surface area (Å²) >= 11 is 0. The van der Waals surface area contributed by atoms with Gasteiger partial charge in [0.15, 0.2) is 11.5 Å². The number of likely N-dealkylation sites (tertiary alicyclic amines) is 1. The molecule has 0 bridgehead atoms. The zero-order chi connectivity index (χ0) is 17.3. The van der Waals surface area contributed by atoms with Crippen LogP contribution in [0.15, 0.2) is 41.1 Å². The van der Waals surface area contributed by atoms with Gasteiger partial charge in [0.25, 0.3) is 0 Å². The van der Waals surface area contributed by atoms with E-state index in [-0.39, 0.29) is 0 Å². The second-order valence-electron chi connectivity index (χ2n) is 7.48. The van der Waals surface area contributed by atoms with Crippen molar-refractivity contribution in [3.63, 3.8) is 0 Å². The standard InChI is InChI=1S/C20H25N5O/c1-2-10-24(9-1)17-5-6-19-21-20(22-25(19)14-17)16-7-11-23(12-8-16)15-18-4-3-13-26-18/h3-6,13-14,16H,1-2,7-12,15H2. The minimum Gasteiger partial charge on any atom is -0.468 e. The Kier molecular flexibility index (Phi) is 4.13. The monoisotopic (exact) mass is 351 g/mol. The minimum atomic E-state index is 0.456. The molecule has 0 saturated carbocycles. The molecule has 6 nitrogen and oxygen atoms in total. The zero-order valence-corrected chi connectivity index (χ0v) is 15.0. The molecule has 2 fully saturated rings. The van der Waals surface area contributed by atoms with Gasteiger partial charge in [-0.05, 0) is 63.0 Å². The van der Waals surface area contributed by atoms with Gasteiger partial charge in [-0.1, -0.05) is 0 Å². The average Bonchev–Trinajstić information content (AvgIpc) is 3.43. The van der Waals surface area contributed by atoms with Crippen molar-refractivity contribution in [2.45, 2.75) is 38.1 Å². The third-order valence-corrected chi connectivity index (χ3v) is 5.72. The van der Waals surface area contributed by atoms with Crippen molar-refractivity contribution in [2.24, 2.45) is 0 Å². The van der Waals surface area contributed by atoms with Crippen LogP contribution < -0.4 is 4.90 Å². The number of fused-ring (bicyclic) bond motifs is 1. The molecule has 0 aromatic carbocycles. The van der Waals surface area contributed by atoms with Gasteiger partial charge >= 0.3 is 0 Å². The molecule has 5 heterocycles. The minimum absolute atomic E-state index is 0.456. The predicted molar refractivity (Wildman–Crippen MR) is 100 cm³/mol. The Bertz CT molecular complexity index is 858. The lowest BCUT2D eigenvalue weighted by Gasteiger charge is -2.29. The fraction of sp³-hybridized carbons (Fsp3) is 0.500. The molecule has 0 unspecified atom stereocenters. The Labute approximate surface area is 153 Å². The summed E-state index contributed by atoms with van der Waals surface area (Å²) in [7, 11) is 0. The largest absolute Gasteiger partial charge is 0.468 e. The van der Waals surface area contributed by atoms with Crippen LogP contribution in [0.5, 0.6) is 0 Å². The molecule has 0 atom stereocenters. The van der Waals surface area contributed by atoms with Gasteiger partial charge in [-0.25, -0.2) is 9.50 Å². The van der Waals surface area contributed by atoms with Crippen LogP contribution in [0.2, 0.25) is 0 Å². The zero-order valence-electron chi connectivity index (χ0n) is 15.0. The summed E-state index contributed by atoms with van der Waals surface area (Å²) in [6.07, 6.45) is 8.68. The van der Waals surface area contributed by atoms with E-state index in [9.17, 15) is 0 Å². The molecular weight excluding hydrogens is 326 g/mol. The van der Waals surface area contributed by atoms with Crippen molar-refractivity contribution in [3.8, 4) is 0 Å². The van der Waals surface area contributed by atoms with Crippen LogP contribution in [0, 0.1) is 0 Å². The third-order valence-electron chi connectivity index (χ3n) is 5.72. The molecule has 0 amide bonds. The van der Waals surface area contributed by atoms with Gasteiger partial charge < -0.3 is 9.32 Å². The topological polar surface area (TPSA) is 49.8 Å². The van der Waals surface area contributed by atoms with Gasteiger partial charge in [-0.15, -0.1) is 0 Å². The highest BCUT2D eigenvalue weighted by Crippen LogP contribution is 2.28. The van der Waals surface area contributed by atoms with Gasteiger partial charge in [0.2, 0.25) is 0 Å². The molecule has 0 radical (unpaired) electrons. The molecule has 136 valence electrons. The molecule has 2 saturated heterocycles. The Morgan fingerprint density at radius 1 is 1.04 bits per heavy atom. The van der Waals surface area contributed by atoms with Crippen molar-refractivity contribution in [2.75, 3.05) is 31.1 Å². The van der Waals surface area contributed by atoms with E-state index in [0.717, 1.165) is 62.8 Å². The smallest absolute Gasteiger partial charge is 0.155 e. The number of rotatable bonds is 4. The van der Waals surface area contributed by atoms with E-state index < -0.39 is 0 Å². The third kappa shape index (κ3) is 3.09. The van der Waals surface area contributed by atoms with Gasteiger partial charge in [0, 0.05) is 19.0 Å². The molecule has 3 aromatic heterocycles. The van der Waals surface area contributed by atoms with Crippen LogP contribution in [0.3, 0.4) is 0 Å². The maximum Gasteiger partial charge on any atom is 0.155 e. The molecule has 5 rings (SSSR count). The van der Waals surface area contributed by atoms with Crippen LogP contribution in [0.25, 0.3) is 5.65 Å². The molecule has 2 aliphatic rings.